The second kappa shape index (κ2) is 5.07. The third-order valence-corrected chi connectivity index (χ3v) is 4.81. The van der Waals surface area contributed by atoms with E-state index in [9.17, 15) is 0 Å². The van der Waals surface area contributed by atoms with E-state index in [0.29, 0.717) is 6.04 Å². The third-order valence-electron chi connectivity index (χ3n) is 4.57. The minimum atomic E-state index is 0. The average Bonchev–Trinajstić information content (AvgIpc) is 2.43. The van der Waals surface area contributed by atoms with E-state index in [1.807, 2.05) is 6.07 Å². The molecule has 1 aliphatic carbocycles. The van der Waals surface area contributed by atoms with Gasteiger partial charge in [-0.05, 0) is 59.8 Å². The van der Waals surface area contributed by atoms with Crippen molar-refractivity contribution in [1.29, 1.82) is 0 Å². The van der Waals surface area contributed by atoms with Crippen molar-refractivity contribution in [3.8, 4) is 11.1 Å². The molecule has 0 unspecified atom stereocenters. The Kier molecular flexibility index (Phi) is 3.53. The van der Waals surface area contributed by atoms with Crippen LogP contribution in [0.15, 0.2) is 36.4 Å². The number of fused-ring (bicyclic) bond motifs is 2. The molecule has 1 nitrogen and oxygen atoms in total. The van der Waals surface area contributed by atoms with Crippen LogP contribution in [0.1, 0.15) is 22.7 Å². The highest BCUT2D eigenvalue weighted by Crippen LogP contribution is 2.45. The maximum Gasteiger partial charge on any atom is 0.0412 e. The van der Waals surface area contributed by atoms with E-state index in [4.69, 9.17) is 11.6 Å². The van der Waals surface area contributed by atoms with Gasteiger partial charge in [-0.3, -0.25) is 4.90 Å². The molecule has 0 radical (unpaired) electrons. The van der Waals surface area contributed by atoms with Crippen LogP contribution in [-0.4, -0.2) is 18.5 Å². The second-order valence-corrected chi connectivity index (χ2v) is 6.07. The van der Waals surface area contributed by atoms with Crippen LogP contribution in [0.3, 0.4) is 0 Å². The number of likely N-dealkylation sites (N-methyl/N-ethyl adjacent to an activating group) is 1. The summed E-state index contributed by atoms with van der Waals surface area (Å²) in [4.78, 5) is 2.49. The van der Waals surface area contributed by atoms with E-state index < -0.39 is 0 Å². The zero-order valence-electron chi connectivity index (χ0n) is 11.4. The summed E-state index contributed by atoms with van der Waals surface area (Å²) in [6.45, 7) is 1.16. The summed E-state index contributed by atoms with van der Waals surface area (Å²) in [6.07, 6.45) is 2.26. The fourth-order valence-corrected chi connectivity index (χ4v) is 3.75. The zero-order chi connectivity index (χ0) is 13.0. The molecule has 2 aromatic rings. The van der Waals surface area contributed by atoms with Gasteiger partial charge in [-0.15, -0.1) is 12.4 Å². The van der Waals surface area contributed by atoms with E-state index in [2.05, 4.69) is 42.3 Å². The van der Waals surface area contributed by atoms with Crippen molar-refractivity contribution in [3.05, 3.63) is 58.1 Å². The first kappa shape index (κ1) is 13.9. The van der Waals surface area contributed by atoms with Gasteiger partial charge in [0.05, 0.1) is 0 Å². The van der Waals surface area contributed by atoms with Gasteiger partial charge in [0.2, 0.25) is 0 Å². The molecule has 1 atom stereocenters. The molecular weight excluding hydrogens is 289 g/mol. The molecule has 1 aliphatic heterocycles. The number of hydrogen-bond acceptors (Lipinski definition) is 1. The Balaban J connectivity index is 0.00000121. The fraction of sp³-hybridized carbons (Fsp3) is 0.294. The quantitative estimate of drug-likeness (QED) is 0.692. The lowest BCUT2D eigenvalue weighted by Crippen LogP contribution is -2.35. The largest absolute Gasteiger partial charge is 0.299 e. The summed E-state index contributed by atoms with van der Waals surface area (Å²) < 4.78 is 0. The predicted molar refractivity (Wildman–Crippen MR) is 86.9 cm³/mol. The van der Waals surface area contributed by atoms with Crippen LogP contribution in [-0.2, 0) is 12.8 Å². The third kappa shape index (κ3) is 1.96. The number of halogens is 2. The first-order valence-corrected chi connectivity index (χ1v) is 7.22. The topological polar surface area (TPSA) is 3.24 Å². The van der Waals surface area contributed by atoms with Gasteiger partial charge in [0.25, 0.3) is 0 Å². The van der Waals surface area contributed by atoms with E-state index in [1.54, 1.807) is 0 Å². The van der Waals surface area contributed by atoms with Gasteiger partial charge in [0.1, 0.15) is 0 Å². The summed E-state index contributed by atoms with van der Waals surface area (Å²) in [7, 11) is 2.24. The molecule has 0 N–H and O–H groups in total. The molecule has 0 spiro atoms. The molecule has 0 saturated carbocycles. The monoisotopic (exact) mass is 305 g/mol. The van der Waals surface area contributed by atoms with E-state index in [0.717, 1.165) is 24.4 Å². The Labute approximate surface area is 131 Å². The molecule has 0 saturated heterocycles. The maximum absolute atomic E-state index is 6.19. The maximum atomic E-state index is 6.19. The standard InChI is InChI=1S/C17H16ClN.ClH/c1-19-8-7-11-3-2-4-14-15-10-13(18)6-5-12(15)9-16(19)17(11)14;/h2-6,10,16H,7-9H2,1H3;1H/t16-;/m0./s1. The first-order chi connectivity index (χ1) is 9.24. The van der Waals surface area contributed by atoms with Gasteiger partial charge in [-0.25, -0.2) is 0 Å². The number of nitrogens with zero attached hydrogens (tertiary/aromatic N) is 1. The summed E-state index contributed by atoms with van der Waals surface area (Å²) in [5.74, 6) is 0. The van der Waals surface area contributed by atoms with Crippen LogP contribution < -0.4 is 0 Å². The molecular formula is C17H17Cl2N. The van der Waals surface area contributed by atoms with Crippen LogP contribution in [0.25, 0.3) is 11.1 Å². The predicted octanol–water partition coefficient (Wildman–Crippen LogP) is 4.51. The van der Waals surface area contributed by atoms with Crippen molar-refractivity contribution in [2.24, 2.45) is 0 Å². The van der Waals surface area contributed by atoms with Crippen LogP contribution >= 0.6 is 24.0 Å². The Morgan fingerprint density at radius 2 is 1.95 bits per heavy atom. The highest BCUT2D eigenvalue weighted by Gasteiger charge is 2.32. The van der Waals surface area contributed by atoms with Gasteiger partial charge in [0.15, 0.2) is 0 Å². The first-order valence-electron chi connectivity index (χ1n) is 6.85. The molecule has 0 fully saturated rings. The Hall–Kier alpha value is -1.02. The molecule has 1 heterocycles. The fourth-order valence-electron chi connectivity index (χ4n) is 3.58. The lowest BCUT2D eigenvalue weighted by atomic mass is 9.77. The molecule has 4 rings (SSSR count). The zero-order valence-corrected chi connectivity index (χ0v) is 13.0. The molecule has 0 amide bonds. The van der Waals surface area contributed by atoms with Crippen molar-refractivity contribution >= 4 is 24.0 Å². The van der Waals surface area contributed by atoms with Gasteiger partial charge >= 0.3 is 0 Å². The average molecular weight is 306 g/mol. The Bertz CT molecular complexity index is 666. The van der Waals surface area contributed by atoms with E-state index >= 15 is 0 Å². The summed E-state index contributed by atoms with van der Waals surface area (Å²) in [5, 5.41) is 0.832. The minimum Gasteiger partial charge on any atom is -0.299 e. The van der Waals surface area contributed by atoms with Crippen molar-refractivity contribution < 1.29 is 0 Å². The lowest BCUT2D eigenvalue weighted by Gasteiger charge is -2.39. The highest BCUT2D eigenvalue weighted by molar-refractivity contribution is 6.30. The molecule has 3 heteroatoms. The van der Waals surface area contributed by atoms with Crippen molar-refractivity contribution in [3.63, 3.8) is 0 Å². The highest BCUT2D eigenvalue weighted by atomic mass is 35.5. The van der Waals surface area contributed by atoms with Crippen molar-refractivity contribution in [2.75, 3.05) is 13.6 Å². The Morgan fingerprint density at radius 3 is 2.80 bits per heavy atom. The molecule has 0 aromatic heterocycles. The van der Waals surface area contributed by atoms with Gasteiger partial charge in [-0.1, -0.05) is 35.9 Å². The smallest absolute Gasteiger partial charge is 0.0412 e. The van der Waals surface area contributed by atoms with Gasteiger partial charge < -0.3 is 0 Å². The van der Waals surface area contributed by atoms with Crippen LogP contribution in [0.2, 0.25) is 5.02 Å². The molecule has 2 aliphatic rings. The summed E-state index contributed by atoms with van der Waals surface area (Å²) >= 11 is 6.19. The molecule has 0 bridgehead atoms. The molecule has 104 valence electrons. The molecule has 2 aromatic carbocycles. The second-order valence-electron chi connectivity index (χ2n) is 5.63. The molecule has 20 heavy (non-hydrogen) atoms. The lowest BCUT2D eigenvalue weighted by molar-refractivity contribution is 0.228. The van der Waals surface area contributed by atoms with Gasteiger partial charge in [-0.2, -0.15) is 0 Å². The Morgan fingerprint density at radius 1 is 1.10 bits per heavy atom. The van der Waals surface area contributed by atoms with E-state index in [1.165, 1.54) is 27.8 Å². The summed E-state index contributed by atoms with van der Waals surface area (Å²) in [5.41, 5.74) is 7.19. The minimum absolute atomic E-state index is 0. The van der Waals surface area contributed by atoms with Crippen LogP contribution in [0, 0.1) is 0 Å². The van der Waals surface area contributed by atoms with Crippen LogP contribution in [0.5, 0.6) is 0 Å². The van der Waals surface area contributed by atoms with E-state index in [-0.39, 0.29) is 12.4 Å². The normalized spacial score (nSPS) is 19.8. The van der Waals surface area contributed by atoms with Crippen LogP contribution in [0.4, 0.5) is 0 Å². The van der Waals surface area contributed by atoms with Crippen molar-refractivity contribution in [1.82, 2.24) is 4.90 Å². The van der Waals surface area contributed by atoms with Gasteiger partial charge in [0, 0.05) is 17.6 Å². The number of benzene rings is 2. The SMILES string of the molecule is CN1CCc2cccc3c2[C@@H]1Cc1ccc(Cl)cc1-3.Cl. The summed E-state index contributed by atoms with van der Waals surface area (Å²) in [6, 6.07) is 13.6. The number of hydrogen-bond donors (Lipinski definition) is 0. The van der Waals surface area contributed by atoms with Crippen molar-refractivity contribution in [2.45, 2.75) is 18.9 Å². The number of rotatable bonds is 0.